The maximum absolute atomic E-state index is 12.7. The third kappa shape index (κ3) is 4.09. The van der Waals surface area contributed by atoms with E-state index in [0.29, 0.717) is 22.8 Å². The molecule has 0 fully saturated rings. The van der Waals surface area contributed by atoms with E-state index in [-0.39, 0.29) is 18.1 Å². The van der Waals surface area contributed by atoms with Gasteiger partial charge in [0.1, 0.15) is 11.6 Å². The topological polar surface area (TPSA) is 92.6 Å². The van der Waals surface area contributed by atoms with Gasteiger partial charge in [0, 0.05) is 10.8 Å². The predicted octanol–water partition coefficient (Wildman–Crippen LogP) is 4.77. The van der Waals surface area contributed by atoms with Crippen LogP contribution in [-0.2, 0) is 6.61 Å². The van der Waals surface area contributed by atoms with Crippen molar-refractivity contribution in [3.05, 3.63) is 108 Å². The second kappa shape index (κ2) is 9.32. The Kier molecular flexibility index (Phi) is 5.91. The fraction of sp³-hybridized carbons (Fsp3) is 0.0714. The maximum Gasteiger partial charge on any atom is 0.271 e. The Hall–Kier alpha value is -4.62. The van der Waals surface area contributed by atoms with Gasteiger partial charge in [0.05, 0.1) is 41.6 Å². The van der Waals surface area contributed by atoms with Gasteiger partial charge in [-0.2, -0.15) is 0 Å². The number of para-hydroxylation sites is 2. The molecular formula is C28H21N3O4. The van der Waals surface area contributed by atoms with Gasteiger partial charge in [-0.15, -0.1) is 0 Å². The SMILES string of the molecule is COc1cccc2c1C(=O)N(c1ccc3ccccc3n1)C2=O.OCc1ccc2ccccc2n1. The first kappa shape index (κ1) is 22.2. The van der Waals surface area contributed by atoms with Gasteiger partial charge in [-0.05, 0) is 42.5 Å². The first-order chi connectivity index (χ1) is 17.1. The van der Waals surface area contributed by atoms with Gasteiger partial charge in [-0.25, -0.2) is 9.88 Å². The van der Waals surface area contributed by atoms with Gasteiger partial charge in [0.15, 0.2) is 0 Å². The van der Waals surface area contributed by atoms with Crippen molar-refractivity contribution in [3.63, 3.8) is 0 Å². The molecule has 35 heavy (non-hydrogen) atoms. The van der Waals surface area contributed by atoms with E-state index in [1.807, 2.05) is 66.7 Å². The summed E-state index contributed by atoms with van der Waals surface area (Å²) in [6.45, 7) is 0.00480. The Morgan fingerprint density at radius 3 is 2.09 bits per heavy atom. The summed E-state index contributed by atoms with van der Waals surface area (Å²) < 4.78 is 5.21. The molecule has 2 aromatic heterocycles. The van der Waals surface area contributed by atoms with Crippen LogP contribution in [-0.4, -0.2) is 34.0 Å². The molecule has 0 bridgehead atoms. The number of aliphatic hydroxyl groups is 1. The minimum absolute atomic E-state index is 0.00480. The van der Waals surface area contributed by atoms with E-state index in [0.717, 1.165) is 26.7 Å². The molecule has 0 radical (unpaired) electrons. The first-order valence-electron chi connectivity index (χ1n) is 11.0. The number of aliphatic hydroxyl groups excluding tert-OH is 1. The number of methoxy groups -OCH3 is 1. The van der Waals surface area contributed by atoms with Crippen molar-refractivity contribution in [2.75, 3.05) is 12.0 Å². The molecule has 0 aliphatic carbocycles. The molecule has 0 atom stereocenters. The number of benzene rings is 3. The number of hydrogen-bond acceptors (Lipinski definition) is 6. The van der Waals surface area contributed by atoms with Gasteiger partial charge in [0.25, 0.3) is 11.8 Å². The summed E-state index contributed by atoms with van der Waals surface area (Å²) in [6.07, 6.45) is 0. The van der Waals surface area contributed by atoms with E-state index in [1.165, 1.54) is 7.11 Å². The fourth-order valence-electron chi connectivity index (χ4n) is 4.01. The molecule has 1 aliphatic rings. The van der Waals surface area contributed by atoms with Crippen LogP contribution in [0.3, 0.4) is 0 Å². The average molecular weight is 463 g/mol. The molecule has 3 heterocycles. The lowest BCUT2D eigenvalue weighted by Crippen LogP contribution is -2.30. The largest absolute Gasteiger partial charge is 0.496 e. The molecule has 7 nitrogen and oxygen atoms in total. The van der Waals surface area contributed by atoms with Crippen molar-refractivity contribution in [3.8, 4) is 5.75 Å². The van der Waals surface area contributed by atoms with Crippen LogP contribution in [0, 0.1) is 0 Å². The third-order valence-corrected chi connectivity index (χ3v) is 5.73. The molecule has 2 amide bonds. The van der Waals surface area contributed by atoms with Crippen molar-refractivity contribution in [1.82, 2.24) is 9.97 Å². The summed E-state index contributed by atoms with van der Waals surface area (Å²) in [4.78, 5) is 35.1. The Bertz CT molecular complexity index is 1580. The Balaban J connectivity index is 0.000000178. The van der Waals surface area contributed by atoms with E-state index < -0.39 is 5.91 Å². The highest BCUT2D eigenvalue weighted by molar-refractivity contribution is 6.35. The Morgan fingerprint density at radius 2 is 1.40 bits per heavy atom. The van der Waals surface area contributed by atoms with Gasteiger partial charge in [-0.3, -0.25) is 14.6 Å². The van der Waals surface area contributed by atoms with E-state index in [1.54, 1.807) is 24.3 Å². The third-order valence-electron chi connectivity index (χ3n) is 5.73. The standard InChI is InChI=1S/C18H12N2O3.C10H9NO/c1-23-14-8-4-6-12-16(14)18(22)20(17(12)21)15-10-9-11-5-2-3-7-13(11)19-15;12-7-9-6-5-8-3-1-2-4-10(8)11-9/h2-10H,1H3;1-6,12H,7H2. The molecule has 0 saturated carbocycles. The predicted molar refractivity (Wildman–Crippen MR) is 134 cm³/mol. The number of ether oxygens (including phenoxy) is 1. The van der Waals surface area contributed by atoms with E-state index >= 15 is 0 Å². The summed E-state index contributed by atoms with van der Waals surface area (Å²) in [6, 6.07) is 27.7. The summed E-state index contributed by atoms with van der Waals surface area (Å²) in [7, 11) is 1.48. The van der Waals surface area contributed by atoms with Crippen LogP contribution in [0.15, 0.2) is 91.0 Å². The minimum Gasteiger partial charge on any atom is -0.496 e. The van der Waals surface area contributed by atoms with E-state index in [2.05, 4.69) is 9.97 Å². The molecule has 0 spiro atoms. The normalized spacial score (nSPS) is 12.5. The summed E-state index contributed by atoms with van der Waals surface area (Å²) >= 11 is 0. The zero-order valence-corrected chi connectivity index (χ0v) is 18.9. The quantitative estimate of drug-likeness (QED) is 0.388. The van der Waals surface area contributed by atoms with Crippen molar-refractivity contribution in [2.24, 2.45) is 0 Å². The summed E-state index contributed by atoms with van der Waals surface area (Å²) in [5.41, 5.74) is 3.01. The smallest absolute Gasteiger partial charge is 0.271 e. The lowest BCUT2D eigenvalue weighted by molar-refractivity contribution is 0.0924. The second-order valence-corrected chi connectivity index (χ2v) is 7.84. The molecule has 6 rings (SSSR count). The zero-order valence-electron chi connectivity index (χ0n) is 18.9. The van der Waals surface area contributed by atoms with Crippen molar-refractivity contribution < 1.29 is 19.4 Å². The monoisotopic (exact) mass is 463 g/mol. The molecule has 0 unspecified atom stereocenters. The van der Waals surface area contributed by atoms with Crippen LogP contribution >= 0.6 is 0 Å². The maximum atomic E-state index is 12.7. The van der Waals surface area contributed by atoms with Crippen LogP contribution in [0.1, 0.15) is 26.4 Å². The fourth-order valence-corrected chi connectivity index (χ4v) is 4.01. The lowest BCUT2D eigenvalue weighted by atomic mass is 10.1. The van der Waals surface area contributed by atoms with Gasteiger partial charge in [0.2, 0.25) is 0 Å². The van der Waals surface area contributed by atoms with Crippen LogP contribution in [0.5, 0.6) is 5.75 Å². The number of pyridine rings is 2. The highest BCUT2D eigenvalue weighted by Gasteiger charge is 2.39. The van der Waals surface area contributed by atoms with Crippen LogP contribution in [0.2, 0.25) is 0 Å². The molecule has 3 aromatic carbocycles. The van der Waals surface area contributed by atoms with Crippen molar-refractivity contribution in [1.29, 1.82) is 0 Å². The summed E-state index contributed by atoms with van der Waals surface area (Å²) in [5.74, 6) is -0.0852. The second-order valence-electron chi connectivity index (χ2n) is 7.84. The zero-order chi connectivity index (χ0) is 24.4. The average Bonchev–Trinajstić information content (AvgIpc) is 3.18. The van der Waals surface area contributed by atoms with E-state index in [4.69, 9.17) is 9.84 Å². The number of amides is 2. The molecule has 5 aromatic rings. The number of imide groups is 1. The van der Waals surface area contributed by atoms with Gasteiger partial charge in [-0.1, -0.05) is 48.5 Å². The van der Waals surface area contributed by atoms with E-state index in [9.17, 15) is 9.59 Å². The number of hydrogen-bond donors (Lipinski definition) is 1. The van der Waals surface area contributed by atoms with Crippen LogP contribution in [0.4, 0.5) is 5.82 Å². The highest BCUT2D eigenvalue weighted by Crippen LogP contribution is 2.33. The molecule has 1 aliphatic heterocycles. The summed E-state index contributed by atoms with van der Waals surface area (Å²) in [5, 5.41) is 10.9. The highest BCUT2D eigenvalue weighted by atomic mass is 16.5. The number of rotatable bonds is 3. The van der Waals surface area contributed by atoms with Gasteiger partial charge >= 0.3 is 0 Å². The number of carbonyl (C=O) groups is 2. The molecular weight excluding hydrogens is 442 g/mol. The molecule has 7 heteroatoms. The number of nitrogens with zero attached hydrogens (tertiary/aromatic N) is 3. The number of fused-ring (bicyclic) bond motifs is 3. The van der Waals surface area contributed by atoms with Gasteiger partial charge < -0.3 is 9.84 Å². The number of aromatic nitrogens is 2. The minimum atomic E-state index is -0.412. The Morgan fingerprint density at radius 1 is 0.743 bits per heavy atom. The van der Waals surface area contributed by atoms with Crippen LogP contribution < -0.4 is 9.64 Å². The first-order valence-corrected chi connectivity index (χ1v) is 11.0. The molecule has 172 valence electrons. The van der Waals surface area contributed by atoms with Crippen LogP contribution in [0.25, 0.3) is 21.8 Å². The molecule has 0 saturated heterocycles. The molecule has 1 N–H and O–H groups in total. The van der Waals surface area contributed by atoms with Crippen molar-refractivity contribution >= 4 is 39.4 Å². The lowest BCUT2D eigenvalue weighted by Gasteiger charge is -2.13. The number of anilines is 1. The number of carbonyl (C=O) groups excluding carboxylic acids is 2. The van der Waals surface area contributed by atoms with Crippen molar-refractivity contribution in [2.45, 2.75) is 6.61 Å². The Labute approximate surface area is 201 Å².